The van der Waals surface area contributed by atoms with Crippen molar-refractivity contribution in [1.82, 2.24) is 4.72 Å². The number of hydrogen-bond acceptors (Lipinski definition) is 4. The van der Waals surface area contributed by atoms with E-state index in [4.69, 9.17) is 11.6 Å². The van der Waals surface area contributed by atoms with Crippen LogP contribution in [0.25, 0.3) is 0 Å². The van der Waals surface area contributed by atoms with Gasteiger partial charge < -0.3 is 0 Å². The fourth-order valence-electron chi connectivity index (χ4n) is 11.3. The Balaban J connectivity index is 1.39. The minimum absolute atomic E-state index is 0.00287. The molecule has 1 amide bonds. The summed E-state index contributed by atoms with van der Waals surface area (Å²) in [5, 5.41) is 0.451. The van der Waals surface area contributed by atoms with Crippen molar-refractivity contribution in [2.45, 2.75) is 118 Å². The van der Waals surface area contributed by atoms with E-state index in [1.54, 1.807) is 12.1 Å². The standard InChI is InChI=1S/C36H50ClNO4S/c1-31(2)18-20-36(30(40)38-43(41,42)24-10-8-23(37)9-11-24)21-19-34(6)25(26(36)22-31)12-13-28-33(5)16-15-29(39)32(3,4)27(33)14-17-35(28,34)7/h8-12,26-28H,13-22H2,1-7H3,(H,38,40)/t26-,27-,28+,33-,34+,35+,36-/m0/s1. The lowest BCUT2D eigenvalue weighted by Crippen LogP contribution is -2.65. The Morgan fingerprint density at radius 3 is 2.21 bits per heavy atom. The lowest BCUT2D eigenvalue weighted by molar-refractivity contribution is -0.185. The molecule has 5 aliphatic carbocycles. The van der Waals surface area contributed by atoms with Crippen LogP contribution in [0.2, 0.25) is 5.02 Å². The van der Waals surface area contributed by atoms with Gasteiger partial charge in [0, 0.05) is 16.9 Å². The third-order valence-corrected chi connectivity index (χ3v) is 15.8. The summed E-state index contributed by atoms with van der Waals surface area (Å²) in [5.74, 6) is 0.939. The number of Topliss-reactive ketones (excluding diaryl/α,β-unsaturated/α-hetero) is 1. The molecule has 4 saturated carbocycles. The molecule has 5 nitrogen and oxygen atoms in total. The van der Waals surface area contributed by atoms with Crippen LogP contribution in [0.3, 0.4) is 0 Å². The molecule has 7 atom stereocenters. The van der Waals surface area contributed by atoms with E-state index in [1.165, 1.54) is 17.7 Å². The lowest BCUT2D eigenvalue weighted by Gasteiger charge is -2.70. The number of nitrogens with one attached hydrogen (secondary N) is 1. The molecule has 1 N–H and O–H groups in total. The van der Waals surface area contributed by atoms with Crippen molar-refractivity contribution >= 4 is 33.3 Å². The van der Waals surface area contributed by atoms with Crippen molar-refractivity contribution in [1.29, 1.82) is 0 Å². The summed E-state index contributed by atoms with van der Waals surface area (Å²) >= 11 is 6.01. The maximum atomic E-state index is 14.3. The highest BCUT2D eigenvalue weighted by atomic mass is 35.5. The van der Waals surface area contributed by atoms with Gasteiger partial charge in [-0.1, -0.05) is 71.7 Å². The maximum Gasteiger partial charge on any atom is 0.264 e. The highest BCUT2D eigenvalue weighted by Gasteiger charge is 2.69. The van der Waals surface area contributed by atoms with Crippen LogP contribution >= 0.6 is 11.6 Å². The van der Waals surface area contributed by atoms with Crippen LogP contribution in [0.15, 0.2) is 40.8 Å². The molecule has 0 radical (unpaired) electrons. The summed E-state index contributed by atoms with van der Waals surface area (Å²) in [4.78, 5) is 27.5. The van der Waals surface area contributed by atoms with Crippen molar-refractivity contribution in [2.75, 3.05) is 0 Å². The second-order valence-electron chi connectivity index (χ2n) is 16.9. The van der Waals surface area contributed by atoms with Gasteiger partial charge in [0.05, 0.1) is 10.3 Å². The number of sulfonamides is 1. The number of carbonyl (C=O) groups excluding carboxylic acids is 2. The number of ketones is 1. The van der Waals surface area contributed by atoms with Crippen molar-refractivity contribution in [3.05, 3.63) is 40.9 Å². The molecule has 0 aromatic heterocycles. The van der Waals surface area contributed by atoms with E-state index in [9.17, 15) is 18.0 Å². The van der Waals surface area contributed by atoms with Crippen LogP contribution in [-0.4, -0.2) is 20.1 Å². The van der Waals surface area contributed by atoms with Gasteiger partial charge in [-0.15, -0.1) is 0 Å². The van der Waals surface area contributed by atoms with Gasteiger partial charge in [0.1, 0.15) is 5.78 Å². The first-order chi connectivity index (χ1) is 19.8. The second kappa shape index (κ2) is 9.67. The van der Waals surface area contributed by atoms with Crippen LogP contribution < -0.4 is 4.72 Å². The zero-order chi connectivity index (χ0) is 31.4. The highest BCUT2D eigenvalue weighted by Crippen LogP contribution is 2.75. The van der Waals surface area contributed by atoms with E-state index in [-0.39, 0.29) is 43.8 Å². The molecule has 0 unspecified atom stereocenters. The molecule has 0 spiro atoms. The summed E-state index contributed by atoms with van der Waals surface area (Å²) in [6.07, 6.45) is 11.3. The third kappa shape index (κ3) is 4.38. The fraction of sp³-hybridized carbons (Fsp3) is 0.722. The fourth-order valence-corrected chi connectivity index (χ4v) is 12.5. The van der Waals surface area contributed by atoms with E-state index in [2.05, 4.69) is 59.3 Å². The van der Waals surface area contributed by atoms with Gasteiger partial charge in [-0.2, -0.15) is 0 Å². The molecule has 0 saturated heterocycles. The van der Waals surface area contributed by atoms with E-state index in [0.29, 0.717) is 41.9 Å². The Hall–Kier alpha value is -1.66. The van der Waals surface area contributed by atoms with Crippen LogP contribution in [0.1, 0.15) is 113 Å². The number of carbonyl (C=O) groups is 2. The average Bonchev–Trinajstić information content (AvgIpc) is 2.91. The molecular weight excluding hydrogens is 578 g/mol. The molecule has 6 rings (SSSR count). The SMILES string of the molecule is CC1(C)CC[C@]2(C(=O)NS(=O)(=O)c3ccc(Cl)cc3)CC[C@]3(C)C(=CC[C@@H]4[C@@]5(C)CCC(=O)C(C)(C)[C@@H]5CC[C@]43C)[C@@H]2C1. The van der Waals surface area contributed by atoms with Gasteiger partial charge in [-0.25, -0.2) is 13.1 Å². The molecule has 7 heteroatoms. The summed E-state index contributed by atoms with van der Waals surface area (Å²) < 4.78 is 29.4. The molecular formula is C36H50ClNO4S. The molecule has 1 aromatic rings. The first-order valence-corrected chi connectivity index (χ1v) is 18.3. The topological polar surface area (TPSA) is 80.3 Å². The van der Waals surface area contributed by atoms with E-state index < -0.39 is 15.4 Å². The number of benzene rings is 1. The zero-order valence-electron chi connectivity index (χ0n) is 27.1. The minimum atomic E-state index is -4.03. The summed E-state index contributed by atoms with van der Waals surface area (Å²) in [6.45, 7) is 16.4. The van der Waals surface area contributed by atoms with Gasteiger partial charge in [-0.3, -0.25) is 9.59 Å². The quantitative estimate of drug-likeness (QED) is 0.341. The van der Waals surface area contributed by atoms with Gasteiger partial charge >= 0.3 is 0 Å². The van der Waals surface area contributed by atoms with Crippen LogP contribution in [0.5, 0.6) is 0 Å². The lowest BCUT2D eigenvalue weighted by atomic mass is 9.33. The summed E-state index contributed by atoms with van der Waals surface area (Å²) in [7, 11) is -4.03. The molecule has 43 heavy (non-hydrogen) atoms. The average molecular weight is 628 g/mol. The van der Waals surface area contributed by atoms with Gasteiger partial charge in [0.2, 0.25) is 5.91 Å². The molecule has 5 aliphatic rings. The van der Waals surface area contributed by atoms with E-state index >= 15 is 0 Å². The Morgan fingerprint density at radius 1 is 0.884 bits per heavy atom. The largest absolute Gasteiger partial charge is 0.299 e. The van der Waals surface area contributed by atoms with Crippen molar-refractivity contribution in [3.63, 3.8) is 0 Å². The number of rotatable bonds is 3. The molecule has 0 aliphatic heterocycles. The Labute approximate surface area is 264 Å². The molecule has 4 fully saturated rings. The molecule has 1 aromatic carbocycles. The summed E-state index contributed by atoms with van der Waals surface area (Å²) in [5.41, 5.74) is 0.506. The Morgan fingerprint density at radius 2 is 1.53 bits per heavy atom. The Kier molecular flexibility index (Phi) is 7.05. The molecule has 236 valence electrons. The normalized spacial score (nSPS) is 41.5. The van der Waals surface area contributed by atoms with Crippen molar-refractivity contribution in [2.24, 2.45) is 50.2 Å². The number of fused-ring (bicyclic) bond motifs is 7. The predicted molar refractivity (Wildman–Crippen MR) is 171 cm³/mol. The zero-order valence-corrected chi connectivity index (χ0v) is 28.7. The van der Waals surface area contributed by atoms with Crippen molar-refractivity contribution in [3.8, 4) is 0 Å². The smallest absolute Gasteiger partial charge is 0.264 e. The van der Waals surface area contributed by atoms with Crippen LogP contribution in [0, 0.1) is 50.2 Å². The Bertz CT molecular complexity index is 1500. The predicted octanol–water partition coefficient (Wildman–Crippen LogP) is 8.52. The van der Waals surface area contributed by atoms with E-state index in [1.807, 2.05) is 0 Å². The maximum absolute atomic E-state index is 14.3. The highest BCUT2D eigenvalue weighted by molar-refractivity contribution is 7.90. The van der Waals surface area contributed by atoms with E-state index in [0.717, 1.165) is 44.9 Å². The number of allylic oxidation sites excluding steroid dienone is 2. The first-order valence-electron chi connectivity index (χ1n) is 16.4. The van der Waals surface area contributed by atoms with Crippen molar-refractivity contribution < 1.29 is 18.0 Å². The van der Waals surface area contributed by atoms with Crippen LogP contribution in [0.4, 0.5) is 0 Å². The van der Waals surface area contributed by atoms with Gasteiger partial charge in [0.25, 0.3) is 10.0 Å². The molecule has 0 bridgehead atoms. The monoisotopic (exact) mass is 627 g/mol. The number of halogens is 1. The first kappa shape index (κ1) is 31.3. The number of hydrogen-bond donors (Lipinski definition) is 1. The van der Waals surface area contributed by atoms with Crippen LogP contribution in [-0.2, 0) is 19.6 Å². The number of amides is 1. The minimum Gasteiger partial charge on any atom is -0.299 e. The third-order valence-electron chi connectivity index (χ3n) is 14.2. The summed E-state index contributed by atoms with van der Waals surface area (Å²) in [6, 6.07) is 5.99. The molecule has 0 heterocycles. The second-order valence-corrected chi connectivity index (χ2v) is 19.0. The van der Waals surface area contributed by atoms with Gasteiger partial charge in [-0.05, 0) is 121 Å². The van der Waals surface area contributed by atoms with Gasteiger partial charge in [0.15, 0.2) is 0 Å².